The van der Waals surface area contributed by atoms with Crippen molar-refractivity contribution in [3.63, 3.8) is 0 Å². The summed E-state index contributed by atoms with van der Waals surface area (Å²) < 4.78 is 18.2. The van der Waals surface area contributed by atoms with E-state index in [9.17, 15) is 14.0 Å². The number of carbonyl (C=O) groups excluding carboxylic acids is 1. The zero-order valence-electron chi connectivity index (χ0n) is 11.9. The summed E-state index contributed by atoms with van der Waals surface area (Å²) in [6, 6.07) is 5.70. The van der Waals surface area contributed by atoms with Gasteiger partial charge in [0.15, 0.2) is 0 Å². The fourth-order valence-electron chi connectivity index (χ4n) is 1.78. The van der Waals surface area contributed by atoms with Gasteiger partial charge < -0.3 is 9.84 Å². The van der Waals surface area contributed by atoms with E-state index in [1.807, 2.05) is 0 Å². The van der Waals surface area contributed by atoms with Crippen molar-refractivity contribution in [2.24, 2.45) is 5.92 Å². The van der Waals surface area contributed by atoms with E-state index in [4.69, 9.17) is 9.84 Å². The first-order valence-electron chi connectivity index (χ1n) is 6.36. The summed E-state index contributed by atoms with van der Waals surface area (Å²) in [6.07, 6.45) is -0.143. The number of carboxylic acid groups (broad SMARTS) is 1. The van der Waals surface area contributed by atoms with Gasteiger partial charge in [0.25, 0.3) is 0 Å². The molecular formula is C15H19FO4. The molecule has 0 spiro atoms. The molecule has 0 aliphatic carbocycles. The molecule has 0 aliphatic heterocycles. The second kappa shape index (κ2) is 6.50. The van der Waals surface area contributed by atoms with Crippen molar-refractivity contribution in [2.45, 2.75) is 39.2 Å². The maximum atomic E-state index is 13.1. The molecule has 20 heavy (non-hydrogen) atoms. The summed E-state index contributed by atoms with van der Waals surface area (Å²) in [5, 5.41) is 9.15. The molecule has 0 saturated heterocycles. The van der Waals surface area contributed by atoms with Gasteiger partial charge in [0, 0.05) is 0 Å². The topological polar surface area (TPSA) is 63.6 Å². The molecule has 0 fully saturated rings. The van der Waals surface area contributed by atoms with Crippen LogP contribution in [0.1, 0.15) is 32.8 Å². The van der Waals surface area contributed by atoms with E-state index in [2.05, 4.69) is 0 Å². The van der Waals surface area contributed by atoms with Gasteiger partial charge in [-0.2, -0.15) is 0 Å². The average molecular weight is 282 g/mol. The third-order valence-corrected chi connectivity index (χ3v) is 2.55. The van der Waals surface area contributed by atoms with Crippen LogP contribution in [0.5, 0.6) is 0 Å². The molecule has 0 aliphatic rings. The fourth-order valence-corrected chi connectivity index (χ4v) is 1.78. The Kier molecular flexibility index (Phi) is 5.25. The van der Waals surface area contributed by atoms with Crippen LogP contribution in [0.3, 0.4) is 0 Å². The Labute approximate surface area is 117 Å². The summed E-state index contributed by atoms with van der Waals surface area (Å²) >= 11 is 0. The molecule has 110 valence electrons. The lowest BCUT2D eigenvalue weighted by atomic mass is 9.96. The molecule has 1 rings (SSSR count). The highest BCUT2D eigenvalue weighted by atomic mass is 19.1. The van der Waals surface area contributed by atoms with Crippen LogP contribution in [0.25, 0.3) is 0 Å². The minimum absolute atomic E-state index is 0.0896. The lowest BCUT2D eigenvalue weighted by molar-refractivity contribution is -0.159. The highest BCUT2D eigenvalue weighted by Gasteiger charge is 2.25. The minimum atomic E-state index is -1.10. The number of rotatable bonds is 5. The first kappa shape index (κ1) is 16.1. The van der Waals surface area contributed by atoms with Gasteiger partial charge in [-0.05, 0) is 44.9 Å². The third-order valence-electron chi connectivity index (χ3n) is 2.55. The molecule has 1 aromatic carbocycles. The summed E-state index contributed by atoms with van der Waals surface area (Å²) in [7, 11) is 0. The van der Waals surface area contributed by atoms with Crippen LogP contribution >= 0.6 is 0 Å². The van der Waals surface area contributed by atoms with Gasteiger partial charge in [0.1, 0.15) is 11.4 Å². The summed E-state index contributed by atoms with van der Waals surface area (Å²) in [5.41, 5.74) is -0.111. The first-order valence-corrected chi connectivity index (χ1v) is 6.36. The Hall–Kier alpha value is -1.91. The normalized spacial score (nSPS) is 12.8. The van der Waals surface area contributed by atoms with E-state index in [1.165, 1.54) is 18.2 Å². The molecule has 0 radical (unpaired) electrons. The van der Waals surface area contributed by atoms with Crippen molar-refractivity contribution in [3.8, 4) is 0 Å². The lowest BCUT2D eigenvalue weighted by Gasteiger charge is -2.21. The number of hydrogen-bond donors (Lipinski definition) is 1. The second-order valence-electron chi connectivity index (χ2n) is 5.66. The van der Waals surface area contributed by atoms with Crippen LogP contribution in [-0.4, -0.2) is 22.6 Å². The van der Waals surface area contributed by atoms with Gasteiger partial charge in [-0.3, -0.25) is 9.59 Å². The molecule has 0 unspecified atom stereocenters. The van der Waals surface area contributed by atoms with Crippen molar-refractivity contribution < 1.29 is 23.8 Å². The van der Waals surface area contributed by atoms with Gasteiger partial charge >= 0.3 is 11.9 Å². The van der Waals surface area contributed by atoms with Crippen LogP contribution in [-0.2, 0) is 20.7 Å². The maximum absolute atomic E-state index is 13.1. The Morgan fingerprint density at radius 1 is 1.35 bits per heavy atom. The van der Waals surface area contributed by atoms with E-state index in [0.717, 1.165) is 0 Å². The number of benzene rings is 1. The highest BCUT2D eigenvalue weighted by Crippen LogP contribution is 2.17. The monoisotopic (exact) mass is 282 g/mol. The van der Waals surface area contributed by atoms with Crippen molar-refractivity contribution >= 4 is 11.9 Å². The highest BCUT2D eigenvalue weighted by molar-refractivity contribution is 5.79. The Morgan fingerprint density at radius 2 is 2.00 bits per heavy atom. The lowest BCUT2D eigenvalue weighted by Crippen LogP contribution is -2.28. The molecular weight excluding hydrogens is 263 g/mol. The molecule has 0 heterocycles. The quantitative estimate of drug-likeness (QED) is 0.843. The van der Waals surface area contributed by atoms with E-state index in [1.54, 1.807) is 26.8 Å². The van der Waals surface area contributed by atoms with E-state index < -0.39 is 29.3 Å². The molecule has 1 aromatic rings. The standard InChI is InChI=1S/C15H19FO4/c1-15(2,3)20-13(17)9-11(14(18)19)7-10-5-4-6-12(16)8-10/h4-6,8,11H,7,9H2,1-3H3,(H,18,19)/t11-/m1/s1. The smallest absolute Gasteiger partial charge is 0.307 e. The number of hydrogen-bond acceptors (Lipinski definition) is 3. The zero-order valence-corrected chi connectivity index (χ0v) is 11.9. The Balaban J connectivity index is 2.71. The predicted molar refractivity (Wildman–Crippen MR) is 71.7 cm³/mol. The van der Waals surface area contributed by atoms with Gasteiger partial charge in [-0.25, -0.2) is 4.39 Å². The Bertz CT molecular complexity index is 491. The molecule has 0 aromatic heterocycles. The SMILES string of the molecule is CC(C)(C)OC(=O)C[C@@H](Cc1cccc(F)c1)C(=O)O. The van der Waals surface area contributed by atoms with Gasteiger partial charge in [0.05, 0.1) is 12.3 Å². The van der Waals surface area contributed by atoms with Crippen molar-refractivity contribution in [1.29, 1.82) is 0 Å². The van der Waals surface area contributed by atoms with Gasteiger partial charge in [0.2, 0.25) is 0 Å². The van der Waals surface area contributed by atoms with Crippen molar-refractivity contribution in [1.82, 2.24) is 0 Å². The third kappa shape index (κ3) is 5.82. The van der Waals surface area contributed by atoms with Crippen molar-refractivity contribution in [3.05, 3.63) is 35.6 Å². The second-order valence-corrected chi connectivity index (χ2v) is 5.66. The van der Waals surface area contributed by atoms with Crippen LogP contribution in [0.2, 0.25) is 0 Å². The number of ether oxygens (including phenoxy) is 1. The number of esters is 1. The number of carbonyl (C=O) groups is 2. The van der Waals surface area contributed by atoms with Gasteiger partial charge in [-0.15, -0.1) is 0 Å². The van der Waals surface area contributed by atoms with E-state index in [0.29, 0.717) is 5.56 Å². The maximum Gasteiger partial charge on any atom is 0.307 e. The summed E-state index contributed by atoms with van der Waals surface area (Å²) in [4.78, 5) is 22.9. The van der Waals surface area contributed by atoms with E-state index >= 15 is 0 Å². The van der Waals surface area contributed by atoms with Crippen LogP contribution in [0, 0.1) is 11.7 Å². The van der Waals surface area contributed by atoms with Crippen molar-refractivity contribution in [2.75, 3.05) is 0 Å². The van der Waals surface area contributed by atoms with Crippen LogP contribution in [0.4, 0.5) is 4.39 Å². The molecule has 0 bridgehead atoms. The van der Waals surface area contributed by atoms with E-state index in [-0.39, 0.29) is 12.8 Å². The Morgan fingerprint density at radius 3 is 2.50 bits per heavy atom. The zero-order chi connectivity index (χ0) is 15.3. The van der Waals surface area contributed by atoms with Crippen LogP contribution < -0.4 is 0 Å². The number of halogens is 1. The molecule has 4 nitrogen and oxygen atoms in total. The molecule has 0 amide bonds. The molecule has 1 N–H and O–H groups in total. The molecule has 5 heteroatoms. The molecule has 1 atom stereocenters. The summed E-state index contributed by atoms with van der Waals surface area (Å²) in [5.74, 6) is -3.02. The largest absolute Gasteiger partial charge is 0.481 e. The number of aliphatic carboxylic acids is 1. The predicted octanol–water partition coefficient (Wildman–Crippen LogP) is 2.80. The minimum Gasteiger partial charge on any atom is -0.481 e. The van der Waals surface area contributed by atoms with Crippen LogP contribution in [0.15, 0.2) is 24.3 Å². The first-order chi connectivity index (χ1) is 9.17. The average Bonchev–Trinajstić information content (AvgIpc) is 2.25. The fraction of sp³-hybridized carbons (Fsp3) is 0.467. The summed E-state index contributed by atoms with van der Waals surface area (Å²) in [6.45, 7) is 5.15. The molecule has 0 saturated carbocycles. The van der Waals surface area contributed by atoms with Gasteiger partial charge in [-0.1, -0.05) is 12.1 Å². The number of carboxylic acids is 1.